The van der Waals surface area contributed by atoms with E-state index in [4.69, 9.17) is 29.6 Å². The predicted octanol–water partition coefficient (Wildman–Crippen LogP) is 5.53. The van der Waals surface area contributed by atoms with E-state index in [1.54, 1.807) is 11.0 Å². The van der Waals surface area contributed by atoms with Crippen LogP contribution in [0.25, 0.3) is 22.4 Å². The van der Waals surface area contributed by atoms with Gasteiger partial charge >= 0.3 is 6.18 Å². The van der Waals surface area contributed by atoms with Gasteiger partial charge in [-0.1, -0.05) is 29.1 Å². The van der Waals surface area contributed by atoms with Crippen LogP contribution < -0.4 is 10.9 Å². The Labute approximate surface area is 260 Å². The molecule has 0 bridgehead atoms. The summed E-state index contributed by atoms with van der Waals surface area (Å²) < 4.78 is 40.3. The van der Waals surface area contributed by atoms with Crippen LogP contribution in [-0.2, 0) is 22.2 Å². The quantitative estimate of drug-likeness (QED) is 0.292. The van der Waals surface area contributed by atoms with Gasteiger partial charge < -0.3 is 20.3 Å². The third-order valence-electron chi connectivity index (χ3n) is 7.34. The maximum Gasteiger partial charge on any atom is 0.416 e. The number of nitrogens with one attached hydrogen (secondary N) is 2. The van der Waals surface area contributed by atoms with Crippen molar-refractivity contribution in [2.45, 2.75) is 31.9 Å². The predicted molar refractivity (Wildman–Crippen MR) is 159 cm³/mol. The van der Waals surface area contributed by atoms with E-state index >= 15 is 0 Å². The lowest BCUT2D eigenvalue weighted by Gasteiger charge is -2.31. The van der Waals surface area contributed by atoms with Crippen LogP contribution in [0, 0.1) is 29.6 Å². The zero-order valence-electron chi connectivity index (χ0n) is 23.0. The summed E-state index contributed by atoms with van der Waals surface area (Å²) in [6.07, 6.45) is 1.62. The molecule has 13 heteroatoms. The number of hydrogen-bond acceptors (Lipinski definition) is 5. The number of terminal acetylenes is 1. The third-order valence-corrected chi connectivity index (χ3v) is 7.89. The lowest BCUT2D eigenvalue weighted by atomic mass is 9.95. The summed E-state index contributed by atoms with van der Waals surface area (Å²) in [6.45, 7) is 0.985. The molecule has 3 aromatic rings. The van der Waals surface area contributed by atoms with Crippen LogP contribution in [0.2, 0.25) is 10.0 Å². The molecule has 2 heterocycles. The average Bonchev–Trinajstić information content (AvgIpc) is 2.98. The molecule has 0 spiro atoms. The first kappa shape index (κ1) is 32.5. The summed E-state index contributed by atoms with van der Waals surface area (Å²) in [4.78, 5) is 41.7. The minimum atomic E-state index is -4.70. The second-order valence-electron chi connectivity index (χ2n) is 10.1. The number of rotatable bonds is 7. The van der Waals surface area contributed by atoms with Gasteiger partial charge in [-0.2, -0.15) is 18.4 Å². The number of nitriles is 1. The first-order chi connectivity index (χ1) is 20.8. The molecule has 228 valence electrons. The zero-order chi connectivity index (χ0) is 32.2. The van der Waals surface area contributed by atoms with E-state index in [-0.39, 0.29) is 75.3 Å². The van der Waals surface area contributed by atoms with Crippen molar-refractivity contribution >= 4 is 35.0 Å². The summed E-state index contributed by atoms with van der Waals surface area (Å²) in [5.74, 6) is 1.39. The minimum Gasteiger partial charge on any atom is -0.507 e. The van der Waals surface area contributed by atoms with Crippen molar-refractivity contribution in [1.29, 1.82) is 5.26 Å². The van der Waals surface area contributed by atoms with Crippen molar-refractivity contribution in [3.05, 3.63) is 73.5 Å². The number of H-pyrrole nitrogens is 1. The highest BCUT2D eigenvalue weighted by molar-refractivity contribution is 6.33. The number of phenols is 1. The number of carbonyl (C=O) groups excluding carboxylic acids is 2. The molecule has 2 aromatic carbocycles. The van der Waals surface area contributed by atoms with E-state index < -0.39 is 22.9 Å². The molecule has 1 saturated heterocycles. The number of nitrogens with zero attached hydrogens (tertiary/aromatic N) is 2. The molecule has 2 amide bonds. The van der Waals surface area contributed by atoms with Gasteiger partial charge in [-0.25, -0.2) is 0 Å². The lowest BCUT2D eigenvalue weighted by molar-refractivity contribution is -0.137. The Morgan fingerprint density at radius 1 is 1.11 bits per heavy atom. The van der Waals surface area contributed by atoms with Gasteiger partial charge in [0.1, 0.15) is 17.4 Å². The first-order valence-electron chi connectivity index (χ1n) is 13.4. The number of benzene rings is 2. The largest absolute Gasteiger partial charge is 0.507 e. The van der Waals surface area contributed by atoms with Crippen LogP contribution in [0.3, 0.4) is 0 Å². The fourth-order valence-corrected chi connectivity index (χ4v) is 5.50. The van der Waals surface area contributed by atoms with Gasteiger partial charge in [0.25, 0.3) is 5.56 Å². The van der Waals surface area contributed by atoms with Gasteiger partial charge in [0.15, 0.2) is 0 Å². The van der Waals surface area contributed by atoms with Crippen LogP contribution in [0.5, 0.6) is 5.75 Å². The molecule has 1 aliphatic rings. The number of likely N-dealkylation sites (tertiary alicyclic amines) is 1. The number of piperidine rings is 1. The van der Waals surface area contributed by atoms with E-state index in [0.717, 1.165) is 18.2 Å². The Morgan fingerprint density at radius 2 is 1.82 bits per heavy atom. The van der Waals surface area contributed by atoms with Crippen LogP contribution in [0.15, 0.2) is 41.2 Å². The number of aromatic hydroxyl groups is 1. The molecule has 4 rings (SSSR count). The summed E-state index contributed by atoms with van der Waals surface area (Å²) in [5.41, 5.74) is -2.41. The molecule has 3 N–H and O–H groups in total. The Kier molecular flexibility index (Phi) is 9.93. The number of halogens is 5. The van der Waals surface area contributed by atoms with Gasteiger partial charge in [-0.15, -0.1) is 6.42 Å². The number of alkyl halides is 3. The normalized spacial score (nSPS) is 13.7. The monoisotopic (exact) mass is 644 g/mol. The van der Waals surface area contributed by atoms with Crippen molar-refractivity contribution in [2.24, 2.45) is 5.92 Å². The number of aromatic amines is 1. The third kappa shape index (κ3) is 7.19. The van der Waals surface area contributed by atoms with Gasteiger partial charge in [0.05, 0.1) is 17.7 Å². The molecule has 1 fully saturated rings. The van der Waals surface area contributed by atoms with Crippen LogP contribution in [0.1, 0.15) is 36.0 Å². The number of amides is 2. The Hall–Kier alpha value is -4.45. The van der Waals surface area contributed by atoms with E-state index in [0.29, 0.717) is 31.5 Å². The number of pyridine rings is 1. The molecule has 0 radical (unpaired) electrons. The summed E-state index contributed by atoms with van der Waals surface area (Å²) in [7, 11) is 0. The fourth-order valence-electron chi connectivity index (χ4n) is 5.04. The number of hydrogen-bond donors (Lipinski definition) is 3. The smallest absolute Gasteiger partial charge is 0.416 e. The Bertz CT molecular complexity index is 1750. The number of phenolic OH excluding ortho intramolecular Hbond substituents is 1. The molecular formula is C31H25Cl2F3N4O4. The topological polar surface area (TPSA) is 126 Å². The second-order valence-corrected chi connectivity index (χ2v) is 11.0. The number of aromatic nitrogens is 1. The fraction of sp³-hybridized carbons (Fsp3) is 0.290. The van der Waals surface area contributed by atoms with Gasteiger partial charge in [-0.3, -0.25) is 14.4 Å². The molecule has 1 aromatic heterocycles. The summed E-state index contributed by atoms with van der Waals surface area (Å²) in [5, 5.41) is 23.6. The highest BCUT2D eigenvalue weighted by atomic mass is 35.5. The summed E-state index contributed by atoms with van der Waals surface area (Å²) >= 11 is 12.5. The number of carbonyl (C=O) groups is 2. The highest BCUT2D eigenvalue weighted by Crippen LogP contribution is 2.39. The summed E-state index contributed by atoms with van der Waals surface area (Å²) in [6, 6.07) is 8.33. The van der Waals surface area contributed by atoms with Gasteiger partial charge in [0.2, 0.25) is 11.8 Å². The van der Waals surface area contributed by atoms with Crippen molar-refractivity contribution < 1.29 is 27.9 Å². The molecule has 44 heavy (non-hydrogen) atoms. The first-order valence-corrected chi connectivity index (χ1v) is 14.1. The standard InChI is InChI=1S/C31H25Cl2F3N4O4/c1-2-3-27(41)40-10-7-17(8-11-40)29(43)38-9-6-18-12-20(32)14-23(28(18)42)26-15-21(24(16-37)30(44)39-26)22-13-19(31(34,35)36)4-5-25(22)33/h1,4-5,12-15,17,42H,3,6-11H2,(H,38,43)(H,39,44). The molecule has 1 aliphatic heterocycles. The van der Waals surface area contributed by atoms with Crippen molar-refractivity contribution in [3.63, 3.8) is 0 Å². The Balaban J connectivity index is 1.57. The van der Waals surface area contributed by atoms with Crippen LogP contribution in [0.4, 0.5) is 13.2 Å². The lowest BCUT2D eigenvalue weighted by Crippen LogP contribution is -2.43. The SMILES string of the molecule is C#CCC(=O)N1CCC(C(=O)NCCc2cc(Cl)cc(-c3cc(-c4cc(C(F)(F)F)ccc4Cl)c(C#N)c(=O)[nH]3)c2O)CC1. The maximum absolute atomic E-state index is 13.4. The molecule has 0 unspecified atom stereocenters. The maximum atomic E-state index is 13.4. The van der Waals surface area contributed by atoms with E-state index in [2.05, 4.69) is 16.2 Å². The van der Waals surface area contributed by atoms with Crippen LogP contribution in [-0.4, -0.2) is 46.4 Å². The van der Waals surface area contributed by atoms with Gasteiger partial charge in [0, 0.05) is 52.3 Å². The Morgan fingerprint density at radius 3 is 2.45 bits per heavy atom. The van der Waals surface area contributed by atoms with Crippen LogP contribution >= 0.6 is 23.2 Å². The van der Waals surface area contributed by atoms with Crippen molar-refractivity contribution in [1.82, 2.24) is 15.2 Å². The molecule has 0 saturated carbocycles. The second kappa shape index (κ2) is 13.5. The van der Waals surface area contributed by atoms with E-state index in [1.807, 2.05) is 0 Å². The molecular weight excluding hydrogens is 620 g/mol. The van der Waals surface area contributed by atoms with E-state index in [1.165, 1.54) is 18.2 Å². The average molecular weight is 645 g/mol. The molecule has 0 aliphatic carbocycles. The molecule has 8 nitrogen and oxygen atoms in total. The van der Waals surface area contributed by atoms with Gasteiger partial charge in [-0.05, 0) is 61.2 Å². The highest BCUT2D eigenvalue weighted by Gasteiger charge is 2.32. The van der Waals surface area contributed by atoms with Crippen molar-refractivity contribution in [3.8, 4) is 46.5 Å². The van der Waals surface area contributed by atoms with E-state index in [9.17, 15) is 37.9 Å². The van der Waals surface area contributed by atoms with Crippen molar-refractivity contribution in [2.75, 3.05) is 19.6 Å². The molecule has 0 atom stereocenters. The minimum absolute atomic E-state index is 0.0125. The zero-order valence-corrected chi connectivity index (χ0v) is 24.5.